The van der Waals surface area contributed by atoms with E-state index in [1.165, 1.54) is 17.4 Å². The summed E-state index contributed by atoms with van der Waals surface area (Å²) < 4.78 is 5.94. The zero-order valence-electron chi connectivity index (χ0n) is 17.6. The molecule has 0 saturated carbocycles. The summed E-state index contributed by atoms with van der Waals surface area (Å²) in [5, 5.41) is 15.7. The van der Waals surface area contributed by atoms with Gasteiger partial charge in [0.05, 0.1) is 11.4 Å². The highest BCUT2D eigenvalue weighted by Crippen LogP contribution is 2.25. The first-order valence-electron chi connectivity index (χ1n) is 10.3. The number of carbonyl (C=O) groups excluding carboxylic acids is 1. The summed E-state index contributed by atoms with van der Waals surface area (Å²) in [4.78, 5) is 22.3. The van der Waals surface area contributed by atoms with Crippen LogP contribution in [0.3, 0.4) is 0 Å². The molecule has 5 aromatic rings. The van der Waals surface area contributed by atoms with E-state index in [0.29, 0.717) is 21.8 Å². The van der Waals surface area contributed by atoms with Crippen LogP contribution in [0.2, 0.25) is 0 Å². The molecule has 1 amide bonds. The molecule has 2 heterocycles. The summed E-state index contributed by atoms with van der Waals surface area (Å²) in [6.07, 6.45) is 0. The number of aryl methyl sites for hydroxylation is 1. The van der Waals surface area contributed by atoms with Crippen LogP contribution in [0.4, 0.5) is 10.8 Å². The van der Waals surface area contributed by atoms with Gasteiger partial charge in [-0.2, -0.15) is 0 Å². The Morgan fingerprint density at radius 3 is 2.61 bits per heavy atom. The molecule has 0 aliphatic rings. The van der Waals surface area contributed by atoms with Crippen LogP contribution < -0.4 is 10.9 Å². The second-order valence-electron chi connectivity index (χ2n) is 7.49. The second kappa shape index (κ2) is 8.72. The van der Waals surface area contributed by atoms with Gasteiger partial charge in [0.25, 0.3) is 5.91 Å². The SMILES string of the molecule is Cc1ccc(N=c2oc3cc(O)ccc3cc2C(=O)Nc2nc(-c3ccccc3)cs2)cc1. The van der Waals surface area contributed by atoms with Gasteiger partial charge in [0, 0.05) is 22.4 Å². The van der Waals surface area contributed by atoms with E-state index in [1.54, 1.807) is 18.2 Å². The maximum atomic E-state index is 13.2. The molecule has 0 fully saturated rings. The normalized spacial score (nSPS) is 11.6. The first-order valence-corrected chi connectivity index (χ1v) is 11.1. The van der Waals surface area contributed by atoms with Crippen molar-refractivity contribution in [3.05, 3.63) is 101 Å². The first-order chi connectivity index (χ1) is 16.0. The lowest BCUT2D eigenvalue weighted by atomic mass is 10.1. The second-order valence-corrected chi connectivity index (χ2v) is 8.35. The summed E-state index contributed by atoms with van der Waals surface area (Å²) in [7, 11) is 0. The molecule has 0 unspecified atom stereocenters. The van der Waals surface area contributed by atoms with Gasteiger partial charge in [0.2, 0.25) is 5.55 Å². The first kappa shape index (κ1) is 20.7. The van der Waals surface area contributed by atoms with E-state index in [9.17, 15) is 9.90 Å². The molecule has 162 valence electrons. The average Bonchev–Trinajstić information content (AvgIpc) is 3.29. The Morgan fingerprint density at radius 1 is 1.03 bits per heavy atom. The van der Waals surface area contributed by atoms with Gasteiger partial charge >= 0.3 is 0 Å². The summed E-state index contributed by atoms with van der Waals surface area (Å²) in [6, 6.07) is 23.8. The molecule has 0 atom stereocenters. The van der Waals surface area contributed by atoms with Crippen LogP contribution in [0.1, 0.15) is 15.9 Å². The molecule has 5 rings (SSSR count). The number of phenols is 1. The summed E-state index contributed by atoms with van der Waals surface area (Å²) in [5.41, 5.74) is 4.37. The van der Waals surface area contributed by atoms with Gasteiger partial charge in [0.15, 0.2) is 5.13 Å². The van der Waals surface area contributed by atoms with Crippen molar-refractivity contribution in [1.82, 2.24) is 4.98 Å². The van der Waals surface area contributed by atoms with E-state index in [-0.39, 0.29) is 22.8 Å². The number of nitrogens with one attached hydrogen (secondary N) is 1. The molecule has 7 heteroatoms. The number of phenolic OH excluding ortho intramolecular Hbond substituents is 1. The Kier molecular flexibility index (Phi) is 5.46. The maximum Gasteiger partial charge on any atom is 0.262 e. The van der Waals surface area contributed by atoms with Crippen molar-refractivity contribution in [2.45, 2.75) is 6.92 Å². The van der Waals surface area contributed by atoms with Gasteiger partial charge in [-0.05, 0) is 37.3 Å². The number of anilines is 1. The topological polar surface area (TPSA) is 87.7 Å². The van der Waals surface area contributed by atoms with Crippen LogP contribution in [0.25, 0.3) is 22.2 Å². The Hall–Kier alpha value is -4.23. The minimum atomic E-state index is -0.381. The zero-order valence-corrected chi connectivity index (χ0v) is 18.5. The van der Waals surface area contributed by atoms with Crippen molar-refractivity contribution in [2.75, 3.05) is 5.32 Å². The van der Waals surface area contributed by atoms with Gasteiger partial charge < -0.3 is 9.52 Å². The number of aromatic hydroxyl groups is 1. The Bertz CT molecular complexity index is 1520. The molecule has 6 nitrogen and oxygen atoms in total. The molecule has 2 aromatic heterocycles. The van der Waals surface area contributed by atoms with Crippen molar-refractivity contribution in [3.63, 3.8) is 0 Å². The van der Waals surface area contributed by atoms with Crippen molar-refractivity contribution < 1.29 is 14.3 Å². The predicted molar refractivity (Wildman–Crippen MR) is 130 cm³/mol. The monoisotopic (exact) mass is 453 g/mol. The van der Waals surface area contributed by atoms with Crippen LogP contribution in [0.15, 0.2) is 93.7 Å². The Balaban J connectivity index is 1.55. The highest BCUT2D eigenvalue weighted by atomic mass is 32.1. The van der Waals surface area contributed by atoms with E-state index >= 15 is 0 Å². The zero-order chi connectivity index (χ0) is 22.8. The fourth-order valence-electron chi connectivity index (χ4n) is 3.33. The lowest BCUT2D eigenvalue weighted by Gasteiger charge is -2.06. The largest absolute Gasteiger partial charge is 0.508 e. The van der Waals surface area contributed by atoms with Crippen molar-refractivity contribution in [1.29, 1.82) is 0 Å². The molecule has 0 aliphatic heterocycles. The summed E-state index contributed by atoms with van der Waals surface area (Å²) in [5.74, 6) is -0.311. The molecule has 0 spiro atoms. The number of hydrogen-bond donors (Lipinski definition) is 2. The van der Waals surface area contributed by atoms with Gasteiger partial charge in [0.1, 0.15) is 16.9 Å². The number of hydrogen-bond acceptors (Lipinski definition) is 6. The molecular weight excluding hydrogens is 434 g/mol. The lowest BCUT2D eigenvalue weighted by molar-refractivity contribution is 0.102. The van der Waals surface area contributed by atoms with Gasteiger partial charge in [-0.25, -0.2) is 9.98 Å². The molecule has 0 bridgehead atoms. The van der Waals surface area contributed by atoms with Crippen molar-refractivity contribution in [3.8, 4) is 17.0 Å². The van der Waals surface area contributed by atoms with Crippen molar-refractivity contribution >= 4 is 39.0 Å². The smallest absolute Gasteiger partial charge is 0.262 e. The van der Waals surface area contributed by atoms with Gasteiger partial charge in [-0.1, -0.05) is 48.0 Å². The van der Waals surface area contributed by atoms with Gasteiger partial charge in [-0.15, -0.1) is 11.3 Å². The third-order valence-electron chi connectivity index (χ3n) is 5.04. The van der Waals surface area contributed by atoms with E-state index in [2.05, 4.69) is 15.3 Å². The Labute approximate surface area is 193 Å². The third kappa shape index (κ3) is 4.53. The van der Waals surface area contributed by atoms with E-state index in [4.69, 9.17) is 4.42 Å². The fourth-order valence-corrected chi connectivity index (χ4v) is 4.04. The number of thiazole rings is 1. The van der Waals surface area contributed by atoms with Crippen molar-refractivity contribution in [2.24, 2.45) is 4.99 Å². The lowest BCUT2D eigenvalue weighted by Crippen LogP contribution is -2.21. The van der Waals surface area contributed by atoms with E-state index in [1.807, 2.05) is 66.9 Å². The van der Waals surface area contributed by atoms with Gasteiger partial charge in [-0.3, -0.25) is 10.1 Å². The fraction of sp³-hybridized carbons (Fsp3) is 0.0385. The van der Waals surface area contributed by atoms with Crippen LogP contribution in [0, 0.1) is 6.92 Å². The number of fused-ring (bicyclic) bond motifs is 1. The number of rotatable bonds is 4. The quantitative estimate of drug-likeness (QED) is 0.346. The molecule has 2 N–H and O–H groups in total. The standard InChI is InChI=1S/C26H19N3O3S/c1-16-7-10-19(11-8-16)27-25-21(13-18-9-12-20(30)14-23(18)32-25)24(31)29-26-28-22(15-33-26)17-5-3-2-4-6-17/h2-15,30H,1H3,(H,28,29,31). The highest BCUT2D eigenvalue weighted by molar-refractivity contribution is 7.14. The van der Waals surface area contributed by atoms with E-state index in [0.717, 1.165) is 16.8 Å². The molecular formula is C26H19N3O3S. The average molecular weight is 454 g/mol. The number of nitrogens with zero attached hydrogens (tertiary/aromatic N) is 2. The number of amides is 1. The number of benzene rings is 3. The van der Waals surface area contributed by atoms with Crippen LogP contribution in [0.5, 0.6) is 5.75 Å². The minimum Gasteiger partial charge on any atom is -0.508 e. The van der Waals surface area contributed by atoms with Crippen LogP contribution in [-0.2, 0) is 0 Å². The van der Waals surface area contributed by atoms with Crippen LogP contribution in [-0.4, -0.2) is 16.0 Å². The summed E-state index contributed by atoms with van der Waals surface area (Å²) >= 11 is 1.35. The molecule has 0 saturated heterocycles. The summed E-state index contributed by atoms with van der Waals surface area (Å²) in [6.45, 7) is 1.99. The molecule has 0 radical (unpaired) electrons. The molecule has 33 heavy (non-hydrogen) atoms. The molecule has 3 aromatic carbocycles. The minimum absolute atomic E-state index is 0.0703. The Morgan fingerprint density at radius 2 is 1.82 bits per heavy atom. The maximum absolute atomic E-state index is 13.2. The third-order valence-corrected chi connectivity index (χ3v) is 5.80. The predicted octanol–water partition coefficient (Wildman–Crippen LogP) is 6.06. The number of aromatic nitrogens is 1. The molecule has 0 aliphatic carbocycles. The highest BCUT2D eigenvalue weighted by Gasteiger charge is 2.15. The number of carbonyl (C=O) groups is 1. The van der Waals surface area contributed by atoms with E-state index < -0.39 is 0 Å². The van der Waals surface area contributed by atoms with Crippen LogP contribution >= 0.6 is 11.3 Å².